The number of benzene rings is 1. The molecule has 0 saturated carbocycles. The number of rotatable bonds is 7. The fraction of sp³-hybridized carbons (Fsp3) is 0.600. The zero-order chi connectivity index (χ0) is 19.9. The van der Waals surface area contributed by atoms with Crippen molar-refractivity contribution < 1.29 is 24.2 Å². The second kappa shape index (κ2) is 9.71. The fourth-order valence-electron chi connectivity index (χ4n) is 3.10. The Labute approximate surface area is 160 Å². The van der Waals surface area contributed by atoms with Gasteiger partial charge in [0.25, 0.3) is 0 Å². The molecule has 7 nitrogen and oxygen atoms in total. The van der Waals surface area contributed by atoms with Gasteiger partial charge in [-0.25, -0.2) is 4.79 Å². The van der Waals surface area contributed by atoms with Crippen molar-refractivity contribution in [3.63, 3.8) is 0 Å². The lowest BCUT2D eigenvalue weighted by molar-refractivity contribution is -0.174. The van der Waals surface area contributed by atoms with Crippen LogP contribution in [0.1, 0.15) is 45.6 Å². The van der Waals surface area contributed by atoms with Gasteiger partial charge in [0.1, 0.15) is 6.04 Å². The maximum atomic E-state index is 12.8. The fourth-order valence-corrected chi connectivity index (χ4v) is 3.10. The SMILES string of the molecule is CC(C)(C)N(C(=O)O)C(CO[C@@H]1CCCCO1)C(=O)NCc1ccccc1. The van der Waals surface area contributed by atoms with E-state index in [4.69, 9.17) is 9.47 Å². The van der Waals surface area contributed by atoms with E-state index in [0.717, 1.165) is 29.7 Å². The molecule has 0 aliphatic carbocycles. The standard InChI is InChI=1S/C20H30N2O5/c1-20(2,3)22(19(24)25)16(14-27-17-11-7-8-12-26-17)18(23)21-13-15-9-5-4-6-10-15/h4-6,9-10,16-17H,7-8,11-14H2,1-3H3,(H,21,23)(H,24,25)/t16?,17-/m1/s1. The van der Waals surface area contributed by atoms with Gasteiger partial charge in [-0.3, -0.25) is 9.69 Å². The van der Waals surface area contributed by atoms with Crippen LogP contribution in [-0.2, 0) is 20.8 Å². The van der Waals surface area contributed by atoms with Gasteiger partial charge in [-0.15, -0.1) is 0 Å². The molecule has 0 aromatic heterocycles. The Kier molecular flexibility index (Phi) is 7.62. The lowest BCUT2D eigenvalue weighted by Crippen LogP contribution is -2.58. The van der Waals surface area contributed by atoms with Crippen molar-refractivity contribution in [2.75, 3.05) is 13.2 Å². The molecule has 1 fully saturated rings. The first-order valence-electron chi connectivity index (χ1n) is 9.36. The Balaban J connectivity index is 2.08. The summed E-state index contributed by atoms with van der Waals surface area (Å²) >= 11 is 0. The summed E-state index contributed by atoms with van der Waals surface area (Å²) < 4.78 is 11.3. The Morgan fingerprint density at radius 1 is 1.30 bits per heavy atom. The highest BCUT2D eigenvalue weighted by atomic mass is 16.7. The molecular weight excluding hydrogens is 348 g/mol. The first-order valence-corrected chi connectivity index (χ1v) is 9.36. The van der Waals surface area contributed by atoms with E-state index in [1.165, 1.54) is 0 Å². The Morgan fingerprint density at radius 3 is 2.56 bits per heavy atom. The van der Waals surface area contributed by atoms with Crippen LogP contribution in [0, 0.1) is 0 Å². The molecule has 7 heteroatoms. The van der Waals surface area contributed by atoms with Crippen LogP contribution in [0.25, 0.3) is 0 Å². The van der Waals surface area contributed by atoms with Gasteiger partial charge in [0.05, 0.1) is 6.61 Å². The van der Waals surface area contributed by atoms with E-state index >= 15 is 0 Å². The third kappa shape index (κ3) is 6.52. The van der Waals surface area contributed by atoms with Crippen LogP contribution in [0.15, 0.2) is 30.3 Å². The van der Waals surface area contributed by atoms with Crippen LogP contribution in [0.4, 0.5) is 4.79 Å². The van der Waals surface area contributed by atoms with Gasteiger partial charge >= 0.3 is 6.09 Å². The van der Waals surface area contributed by atoms with Crippen molar-refractivity contribution in [2.45, 2.75) is 64.4 Å². The van der Waals surface area contributed by atoms with Crippen molar-refractivity contribution in [3.05, 3.63) is 35.9 Å². The van der Waals surface area contributed by atoms with E-state index in [2.05, 4.69) is 5.32 Å². The normalized spacial score (nSPS) is 18.6. The maximum absolute atomic E-state index is 12.8. The molecule has 0 spiro atoms. The van der Waals surface area contributed by atoms with E-state index in [9.17, 15) is 14.7 Å². The van der Waals surface area contributed by atoms with Gasteiger partial charge < -0.3 is 19.9 Å². The van der Waals surface area contributed by atoms with Crippen LogP contribution >= 0.6 is 0 Å². The molecule has 1 aliphatic rings. The van der Waals surface area contributed by atoms with Crippen LogP contribution in [-0.4, -0.2) is 53.1 Å². The van der Waals surface area contributed by atoms with Crippen molar-refractivity contribution in [1.29, 1.82) is 0 Å². The monoisotopic (exact) mass is 378 g/mol. The molecular formula is C20H30N2O5. The highest BCUT2D eigenvalue weighted by Crippen LogP contribution is 2.20. The number of carbonyl (C=O) groups is 2. The first-order chi connectivity index (χ1) is 12.8. The molecule has 1 unspecified atom stereocenters. The lowest BCUT2D eigenvalue weighted by atomic mass is 10.0. The average molecular weight is 378 g/mol. The highest BCUT2D eigenvalue weighted by molar-refractivity contribution is 5.85. The van der Waals surface area contributed by atoms with Crippen LogP contribution in [0.5, 0.6) is 0 Å². The van der Waals surface area contributed by atoms with Crippen molar-refractivity contribution >= 4 is 12.0 Å². The summed E-state index contributed by atoms with van der Waals surface area (Å²) in [5, 5.41) is 12.5. The Bertz CT molecular complexity index is 609. The van der Waals surface area contributed by atoms with E-state index in [1.807, 2.05) is 30.3 Å². The summed E-state index contributed by atoms with van der Waals surface area (Å²) in [6.07, 6.45) is 1.19. The highest BCUT2D eigenvalue weighted by Gasteiger charge is 2.38. The summed E-state index contributed by atoms with van der Waals surface area (Å²) in [4.78, 5) is 25.9. The molecule has 2 atom stereocenters. The Hall–Kier alpha value is -2.12. The third-order valence-corrected chi connectivity index (χ3v) is 4.43. The lowest BCUT2D eigenvalue weighted by Gasteiger charge is -2.39. The van der Waals surface area contributed by atoms with Crippen molar-refractivity contribution in [2.24, 2.45) is 0 Å². The number of carboxylic acid groups (broad SMARTS) is 1. The molecule has 150 valence electrons. The molecule has 2 N–H and O–H groups in total. The van der Waals surface area contributed by atoms with E-state index in [-0.39, 0.29) is 12.5 Å². The minimum atomic E-state index is -1.16. The Morgan fingerprint density at radius 2 is 2.00 bits per heavy atom. The van der Waals surface area contributed by atoms with Crippen molar-refractivity contribution in [3.8, 4) is 0 Å². The number of carbonyl (C=O) groups excluding carboxylic acids is 1. The summed E-state index contributed by atoms with van der Waals surface area (Å²) in [7, 11) is 0. The van der Waals surface area contributed by atoms with Gasteiger partial charge in [0, 0.05) is 18.7 Å². The van der Waals surface area contributed by atoms with Crippen LogP contribution < -0.4 is 5.32 Å². The second-order valence-electron chi connectivity index (χ2n) is 7.67. The molecule has 2 rings (SSSR count). The third-order valence-electron chi connectivity index (χ3n) is 4.43. The summed E-state index contributed by atoms with van der Waals surface area (Å²) in [6, 6.07) is 8.53. The van der Waals surface area contributed by atoms with Gasteiger partial charge in [0.2, 0.25) is 5.91 Å². The number of hydrogen-bond acceptors (Lipinski definition) is 4. The van der Waals surface area contributed by atoms with Gasteiger partial charge in [-0.2, -0.15) is 0 Å². The van der Waals surface area contributed by atoms with E-state index in [1.54, 1.807) is 20.8 Å². The van der Waals surface area contributed by atoms with Gasteiger partial charge in [-0.05, 0) is 45.6 Å². The zero-order valence-corrected chi connectivity index (χ0v) is 16.3. The van der Waals surface area contributed by atoms with E-state index < -0.39 is 24.0 Å². The largest absolute Gasteiger partial charge is 0.465 e. The number of nitrogens with one attached hydrogen (secondary N) is 1. The summed E-state index contributed by atoms with van der Waals surface area (Å²) in [5.74, 6) is -0.382. The molecule has 27 heavy (non-hydrogen) atoms. The minimum Gasteiger partial charge on any atom is -0.465 e. The molecule has 0 radical (unpaired) electrons. The average Bonchev–Trinajstić information content (AvgIpc) is 2.63. The second-order valence-corrected chi connectivity index (χ2v) is 7.67. The smallest absolute Gasteiger partial charge is 0.408 e. The topological polar surface area (TPSA) is 88.1 Å². The predicted molar refractivity (Wildman–Crippen MR) is 101 cm³/mol. The maximum Gasteiger partial charge on any atom is 0.408 e. The van der Waals surface area contributed by atoms with Crippen LogP contribution in [0.2, 0.25) is 0 Å². The number of ether oxygens (including phenoxy) is 2. The van der Waals surface area contributed by atoms with Gasteiger partial charge in [0.15, 0.2) is 6.29 Å². The summed E-state index contributed by atoms with van der Waals surface area (Å²) in [6.45, 7) is 6.18. The van der Waals surface area contributed by atoms with Gasteiger partial charge in [-0.1, -0.05) is 30.3 Å². The van der Waals surface area contributed by atoms with E-state index in [0.29, 0.717) is 13.2 Å². The quantitative estimate of drug-likeness (QED) is 0.761. The number of hydrogen-bond donors (Lipinski definition) is 2. The van der Waals surface area contributed by atoms with Crippen molar-refractivity contribution in [1.82, 2.24) is 10.2 Å². The molecule has 1 aromatic rings. The van der Waals surface area contributed by atoms with Crippen LogP contribution in [0.3, 0.4) is 0 Å². The molecule has 1 aliphatic heterocycles. The number of nitrogens with zero attached hydrogens (tertiary/aromatic N) is 1. The zero-order valence-electron chi connectivity index (χ0n) is 16.3. The molecule has 1 heterocycles. The minimum absolute atomic E-state index is 0.0468. The first kappa shape index (κ1) is 21.2. The molecule has 0 bridgehead atoms. The molecule has 1 aromatic carbocycles. The molecule has 1 saturated heterocycles. The molecule has 2 amide bonds. The summed E-state index contributed by atoms with van der Waals surface area (Å²) in [5.41, 5.74) is 0.191. The number of amides is 2. The predicted octanol–water partition coefficient (Wildman–Crippen LogP) is 2.99.